The van der Waals surface area contributed by atoms with Crippen LogP contribution in [0.15, 0.2) is 48.5 Å². The normalized spacial score (nSPS) is 10.6. The summed E-state index contributed by atoms with van der Waals surface area (Å²) in [6.07, 6.45) is 0. The summed E-state index contributed by atoms with van der Waals surface area (Å²) in [7, 11) is 1.61. The lowest BCUT2D eigenvalue weighted by Crippen LogP contribution is -2.21. The largest absolute Gasteiger partial charge is 0.497 e. The molecule has 0 aliphatic rings. The molecule has 2 aromatic carbocycles. The first-order valence-corrected chi connectivity index (χ1v) is 7.58. The number of ether oxygens (including phenoxy) is 1. The number of halogens is 1. The van der Waals surface area contributed by atoms with Gasteiger partial charge in [0.2, 0.25) is 0 Å². The van der Waals surface area contributed by atoms with Gasteiger partial charge in [-0.25, -0.2) is 4.39 Å². The molecule has 0 aliphatic heterocycles. The zero-order valence-corrected chi connectivity index (χ0v) is 12.7. The quantitative estimate of drug-likeness (QED) is 0.791. The lowest BCUT2D eigenvalue weighted by Gasteiger charge is -2.05. The predicted molar refractivity (Wildman–Crippen MR) is 85.9 cm³/mol. The highest BCUT2D eigenvalue weighted by molar-refractivity contribution is 7.20. The van der Waals surface area contributed by atoms with Gasteiger partial charge in [0.15, 0.2) is 0 Å². The van der Waals surface area contributed by atoms with Gasteiger partial charge in [-0.05, 0) is 35.9 Å². The molecule has 0 saturated carbocycles. The van der Waals surface area contributed by atoms with E-state index in [1.54, 1.807) is 19.2 Å². The number of hydrogen-bond donors (Lipinski definition) is 1. The number of fused-ring (bicyclic) bond motifs is 1. The molecule has 0 spiro atoms. The highest BCUT2D eigenvalue weighted by atomic mass is 32.1. The minimum atomic E-state index is -0.303. The number of thiophene rings is 1. The van der Waals surface area contributed by atoms with Crippen molar-refractivity contribution in [1.29, 1.82) is 0 Å². The third-order valence-corrected chi connectivity index (χ3v) is 4.44. The fourth-order valence-electron chi connectivity index (χ4n) is 2.15. The monoisotopic (exact) mass is 315 g/mol. The Labute approximate surface area is 131 Å². The van der Waals surface area contributed by atoms with Gasteiger partial charge in [0.25, 0.3) is 5.91 Å². The van der Waals surface area contributed by atoms with Crippen molar-refractivity contribution in [2.75, 3.05) is 7.11 Å². The summed E-state index contributed by atoms with van der Waals surface area (Å²) >= 11 is 1.29. The van der Waals surface area contributed by atoms with Crippen molar-refractivity contribution < 1.29 is 13.9 Å². The molecule has 1 amide bonds. The molecular weight excluding hydrogens is 301 g/mol. The molecule has 1 heterocycles. The lowest BCUT2D eigenvalue weighted by molar-refractivity contribution is 0.0955. The van der Waals surface area contributed by atoms with Crippen LogP contribution < -0.4 is 10.1 Å². The van der Waals surface area contributed by atoms with Gasteiger partial charge in [-0.3, -0.25) is 4.79 Å². The molecule has 3 nitrogen and oxygen atoms in total. The summed E-state index contributed by atoms with van der Waals surface area (Å²) in [5.74, 6) is 0.273. The maximum Gasteiger partial charge on any atom is 0.261 e. The van der Waals surface area contributed by atoms with E-state index in [4.69, 9.17) is 4.74 Å². The van der Waals surface area contributed by atoms with E-state index in [9.17, 15) is 9.18 Å². The van der Waals surface area contributed by atoms with Crippen LogP contribution in [0.3, 0.4) is 0 Å². The second-order valence-electron chi connectivity index (χ2n) is 4.79. The summed E-state index contributed by atoms with van der Waals surface area (Å²) in [5, 5.41) is 3.33. The molecule has 0 unspecified atom stereocenters. The van der Waals surface area contributed by atoms with Crippen LogP contribution in [0.4, 0.5) is 4.39 Å². The Balaban J connectivity index is 1.71. The molecule has 0 radical (unpaired) electrons. The van der Waals surface area contributed by atoms with Gasteiger partial charge in [0.1, 0.15) is 11.6 Å². The molecule has 1 aromatic heterocycles. The second-order valence-corrected chi connectivity index (χ2v) is 5.88. The second kappa shape index (κ2) is 6.15. The standard InChI is InChI=1S/C17H14FNO2S/c1-21-12-7-5-11(6-8-12)10-19-17(20)16-9-13-14(18)3-2-4-15(13)22-16/h2-9H,10H2,1H3,(H,19,20). The molecule has 0 atom stereocenters. The van der Waals surface area contributed by atoms with E-state index in [2.05, 4.69) is 5.32 Å². The third kappa shape index (κ3) is 2.94. The van der Waals surface area contributed by atoms with E-state index < -0.39 is 0 Å². The maximum absolute atomic E-state index is 13.6. The Morgan fingerprint density at radius 2 is 2.00 bits per heavy atom. The van der Waals surface area contributed by atoms with Crippen LogP contribution >= 0.6 is 11.3 Å². The van der Waals surface area contributed by atoms with Crippen LogP contribution in [0, 0.1) is 5.82 Å². The minimum absolute atomic E-state index is 0.198. The van der Waals surface area contributed by atoms with E-state index in [1.165, 1.54) is 17.4 Å². The maximum atomic E-state index is 13.6. The van der Waals surface area contributed by atoms with E-state index in [0.717, 1.165) is 16.0 Å². The molecule has 0 aliphatic carbocycles. The van der Waals surface area contributed by atoms with E-state index in [1.807, 2.05) is 30.3 Å². The molecule has 5 heteroatoms. The van der Waals surface area contributed by atoms with Gasteiger partial charge >= 0.3 is 0 Å². The van der Waals surface area contributed by atoms with Crippen molar-refractivity contribution >= 4 is 27.3 Å². The predicted octanol–water partition coefficient (Wildman–Crippen LogP) is 3.98. The molecule has 112 valence electrons. The Kier molecular flexibility index (Phi) is 4.06. The van der Waals surface area contributed by atoms with Crippen molar-refractivity contribution in [1.82, 2.24) is 5.32 Å². The van der Waals surface area contributed by atoms with Crippen molar-refractivity contribution in [3.63, 3.8) is 0 Å². The van der Waals surface area contributed by atoms with E-state index in [-0.39, 0.29) is 11.7 Å². The lowest BCUT2D eigenvalue weighted by atomic mass is 10.2. The minimum Gasteiger partial charge on any atom is -0.497 e. The molecule has 3 rings (SSSR count). The highest BCUT2D eigenvalue weighted by Gasteiger charge is 2.12. The molecule has 3 aromatic rings. The Morgan fingerprint density at radius 3 is 2.68 bits per heavy atom. The average molecular weight is 315 g/mol. The van der Waals surface area contributed by atoms with Gasteiger partial charge in [0.05, 0.1) is 12.0 Å². The molecule has 0 bridgehead atoms. The SMILES string of the molecule is COc1ccc(CNC(=O)c2cc3c(F)cccc3s2)cc1. The van der Waals surface area contributed by atoms with Gasteiger partial charge in [-0.15, -0.1) is 11.3 Å². The van der Waals surface area contributed by atoms with Gasteiger partial charge < -0.3 is 10.1 Å². The van der Waals surface area contributed by atoms with Crippen LogP contribution in [0.1, 0.15) is 15.2 Å². The van der Waals surface area contributed by atoms with Crippen LogP contribution in [0.2, 0.25) is 0 Å². The van der Waals surface area contributed by atoms with Crippen LogP contribution in [-0.2, 0) is 6.54 Å². The summed E-state index contributed by atoms with van der Waals surface area (Å²) in [6.45, 7) is 0.416. The summed E-state index contributed by atoms with van der Waals surface area (Å²) in [5.41, 5.74) is 0.974. The van der Waals surface area contributed by atoms with Crippen LogP contribution in [0.5, 0.6) is 5.75 Å². The Morgan fingerprint density at radius 1 is 1.23 bits per heavy atom. The van der Waals surface area contributed by atoms with Crippen LogP contribution in [0.25, 0.3) is 10.1 Å². The van der Waals surface area contributed by atoms with Gasteiger partial charge in [0, 0.05) is 16.6 Å². The Hall–Kier alpha value is -2.40. The molecule has 22 heavy (non-hydrogen) atoms. The summed E-state index contributed by atoms with van der Waals surface area (Å²) in [6, 6.07) is 13.9. The van der Waals surface area contributed by atoms with Crippen molar-refractivity contribution in [3.8, 4) is 5.75 Å². The number of benzene rings is 2. The average Bonchev–Trinajstić information content (AvgIpc) is 2.99. The number of carbonyl (C=O) groups excluding carboxylic acids is 1. The van der Waals surface area contributed by atoms with E-state index >= 15 is 0 Å². The van der Waals surface area contributed by atoms with Crippen molar-refractivity contribution in [2.45, 2.75) is 6.54 Å². The zero-order valence-electron chi connectivity index (χ0n) is 11.9. The van der Waals surface area contributed by atoms with Crippen LogP contribution in [-0.4, -0.2) is 13.0 Å². The number of hydrogen-bond acceptors (Lipinski definition) is 3. The fourth-order valence-corrected chi connectivity index (χ4v) is 3.14. The van der Waals surface area contributed by atoms with Crippen molar-refractivity contribution in [2.24, 2.45) is 0 Å². The fraction of sp³-hybridized carbons (Fsp3) is 0.118. The van der Waals surface area contributed by atoms with Crippen molar-refractivity contribution in [3.05, 3.63) is 64.8 Å². The molecular formula is C17H14FNO2S. The smallest absolute Gasteiger partial charge is 0.261 e. The number of rotatable bonds is 4. The number of amides is 1. The summed E-state index contributed by atoms with van der Waals surface area (Å²) in [4.78, 5) is 12.7. The highest BCUT2D eigenvalue weighted by Crippen LogP contribution is 2.27. The molecule has 0 saturated heterocycles. The topological polar surface area (TPSA) is 38.3 Å². The molecule has 0 fully saturated rings. The molecule has 1 N–H and O–H groups in total. The first kappa shape index (κ1) is 14.5. The van der Waals surface area contributed by atoms with Gasteiger partial charge in [-0.2, -0.15) is 0 Å². The van der Waals surface area contributed by atoms with Gasteiger partial charge in [-0.1, -0.05) is 18.2 Å². The van der Waals surface area contributed by atoms with E-state index in [0.29, 0.717) is 16.8 Å². The number of nitrogens with one attached hydrogen (secondary N) is 1. The Bertz CT molecular complexity index is 811. The third-order valence-electron chi connectivity index (χ3n) is 3.34. The summed E-state index contributed by atoms with van der Waals surface area (Å²) < 4.78 is 19.5. The first-order chi connectivity index (χ1) is 10.7. The first-order valence-electron chi connectivity index (χ1n) is 6.76. The zero-order chi connectivity index (χ0) is 15.5. The number of carbonyl (C=O) groups is 1. The number of methoxy groups -OCH3 is 1.